The lowest BCUT2D eigenvalue weighted by atomic mass is 10.0. The van der Waals surface area contributed by atoms with Gasteiger partial charge in [-0.3, -0.25) is 19.3 Å². The quantitative estimate of drug-likeness (QED) is 0.772. The zero-order valence-corrected chi connectivity index (χ0v) is 15.6. The van der Waals surface area contributed by atoms with Crippen LogP contribution in [0.15, 0.2) is 24.3 Å². The van der Waals surface area contributed by atoms with E-state index in [1.165, 1.54) is 26.0 Å². The van der Waals surface area contributed by atoms with E-state index in [1.807, 2.05) is 9.80 Å². The number of piperazine rings is 1. The van der Waals surface area contributed by atoms with Gasteiger partial charge in [0.2, 0.25) is 17.7 Å². The molecule has 0 unspecified atom stereocenters. The summed E-state index contributed by atoms with van der Waals surface area (Å²) in [6.45, 7) is 4.74. The molecule has 2 saturated heterocycles. The van der Waals surface area contributed by atoms with Gasteiger partial charge in [0.1, 0.15) is 11.9 Å². The molecule has 0 aliphatic carbocycles. The second-order valence-electron chi connectivity index (χ2n) is 7.29. The summed E-state index contributed by atoms with van der Waals surface area (Å²) in [5.41, 5.74) is 0.905. The Kier molecular flexibility index (Phi) is 5.74. The van der Waals surface area contributed by atoms with Crippen molar-refractivity contribution >= 4 is 17.7 Å². The van der Waals surface area contributed by atoms with Crippen LogP contribution in [-0.2, 0) is 20.9 Å². The van der Waals surface area contributed by atoms with Crippen LogP contribution in [0.5, 0.6) is 0 Å². The average Bonchev–Trinajstić information content (AvgIpc) is 2.98. The van der Waals surface area contributed by atoms with E-state index in [2.05, 4.69) is 10.6 Å². The van der Waals surface area contributed by atoms with E-state index in [0.717, 1.165) is 5.56 Å². The normalized spacial score (nSPS) is 25.2. The molecule has 0 spiro atoms. The lowest BCUT2D eigenvalue weighted by Gasteiger charge is -2.42. The molecule has 0 aromatic heterocycles. The van der Waals surface area contributed by atoms with Crippen LogP contribution in [0.3, 0.4) is 0 Å². The Hall–Kier alpha value is -2.48. The van der Waals surface area contributed by atoms with Gasteiger partial charge in [-0.25, -0.2) is 4.39 Å². The summed E-state index contributed by atoms with van der Waals surface area (Å²) in [6.07, 6.45) is 0.706. The summed E-state index contributed by atoms with van der Waals surface area (Å²) in [5, 5.41) is 5.63. The van der Waals surface area contributed by atoms with Crippen molar-refractivity contribution in [3.8, 4) is 0 Å². The van der Waals surface area contributed by atoms with E-state index in [9.17, 15) is 18.8 Å². The number of hydrogen-bond donors (Lipinski definition) is 2. The molecule has 2 aliphatic rings. The van der Waals surface area contributed by atoms with Crippen LogP contribution in [0.25, 0.3) is 0 Å². The Bertz CT molecular complexity index is 724. The minimum atomic E-state index is -0.480. The first kappa shape index (κ1) is 19.3. The average molecular weight is 376 g/mol. The highest BCUT2D eigenvalue weighted by Crippen LogP contribution is 2.27. The van der Waals surface area contributed by atoms with Gasteiger partial charge < -0.3 is 15.5 Å². The van der Waals surface area contributed by atoms with Gasteiger partial charge in [-0.15, -0.1) is 0 Å². The van der Waals surface area contributed by atoms with Crippen LogP contribution >= 0.6 is 0 Å². The lowest BCUT2D eigenvalue weighted by molar-refractivity contribution is -0.144. The van der Waals surface area contributed by atoms with Gasteiger partial charge in [-0.1, -0.05) is 12.1 Å². The van der Waals surface area contributed by atoms with Crippen molar-refractivity contribution in [2.45, 2.75) is 44.9 Å². The maximum Gasteiger partial charge on any atom is 0.242 e. The number of rotatable bonds is 5. The first-order chi connectivity index (χ1) is 12.8. The highest BCUT2D eigenvalue weighted by Gasteiger charge is 2.45. The van der Waals surface area contributed by atoms with Gasteiger partial charge in [0.05, 0.1) is 0 Å². The second-order valence-corrected chi connectivity index (χ2v) is 7.29. The molecular formula is C19H25FN4O3. The number of halogens is 1. The summed E-state index contributed by atoms with van der Waals surface area (Å²) in [5.74, 6) is -0.646. The summed E-state index contributed by atoms with van der Waals surface area (Å²) in [6, 6.07) is 5.70. The van der Waals surface area contributed by atoms with E-state index in [0.29, 0.717) is 26.1 Å². The molecule has 0 radical (unpaired) electrons. The van der Waals surface area contributed by atoms with Crippen molar-refractivity contribution < 1.29 is 18.8 Å². The summed E-state index contributed by atoms with van der Waals surface area (Å²) in [7, 11) is 0. The lowest BCUT2D eigenvalue weighted by Crippen LogP contribution is -2.62. The van der Waals surface area contributed by atoms with Gasteiger partial charge in [-0.2, -0.15) is 0 Å². The molecule has 3 rings (SSSR count). The first-order valence-corrected chi connectivity index (χ1v) is 9.14. The number of nitrogens with one attached hydrogen (secondary N) is 2. The van der Waals surface area contributed by atoms with Crippen LogP contribution in [0.4, 0.5) is 4.39 Å². The Labute approximate surface area is 157 Å². The molecule has 2 fully saturated rings. The number of amides is 3. The fraction of sp³-hybridized carbons (Fsp3) is 0.526. The third kappa shape index (κ3) is 4.63. The minimum Gasteiger partial charge on any atom is -0.354 e. The number of nitrogens with zero attached hydrogens (tertiary/aromatic N) is 2. The standard InChI is InChI=1S/C19H25FN4O3/c1-12(25)21-8-18-19(27)24-10-16(22-13(2)26)7-17(24)11-23(18)9-14-3-5-15(20)6-4-14/h3-6,16-18H,7-11H2,1-2H3,(H,21,25)(H,22,26)/t16-,17-,18-/m0/s1. The van der Waals surface area contributed by atoms with Crippen LogP contribution in [0.1, 0.15) is 25.8 Å². The number of benzene rings is 1. The molecule has 3 amide bonds. The van der Waals surface area contributed by atoms with E-state index in [4.69, 9.17) is 0 Å². The molecule has 0 saturated carbocycles. The van der Waals surface area contributed by atoms with E-state index < -0.39 is 6.04 Å². The smallest absolute Gasteiger partial charge is 0.242 e. The van der Waals surface area contributed by atoms with Crippen molar-refractivity contribution in [3.05, 3.63) is 35.6 Å². The fourth-order valence-electron chi connectivity index (χ4n) is 3.95. The molecule has 8 heteroatoms. The number of carbonyl (C=O) groups excluding carboxylic acids is 3. The summed E-state index contributed by atoms with van der Waals surface area (Å²) in [4.78, 5) is 39.6. The zero-order chi connectivity index (χ0) is 19.6. The van der Waals surface area contributed by atoms with Crippen molar-refractivity contribution in [2.75, 3.05) is 19.6 Å². The van der Waals surface area contributed by atoms with Gasteiger partial charge in [-0.05, 0) is 24.1 Å². The third-order valence-electron chi connectivity index (χ3n) is 5.12. The summed E-state index contributed by atoms with van der Waals surface area (Å²) < 4.78 is 13.2. The maximum atomic E-state index is 13.2. The van der Waals surface area contributed by atoms with Crippen molar-refractivity contribution in [2.24, 2.45) is 0 Å². The third-order valence-corrected chi connectivity index (χ3v) is 5.12. The largest absolute Gasteiger partial charge is 0.354 e. The Morgan fingerprint density at radius 2 is 1.85 bits per heavy atom. The van der Waals surface area contributed by atoms with E-state index in [-0.39, 0.29) is 42.2 Å². The predicted octanol–water partition coefficient (Wildman–Crippen LogP) is 0.252. The molecular weight excluding hydrogens is 351 g/mol. The van der Waals surface area contributed by atoms with Crippen LogP contribution in [0.2, 0.25) is 0 Å². The SMILES string of the molecule is CC(=O)NC[C@H]1C(=O)N2C[C@@H](NC(C)=O)C[C@H]2CN1Cc1ccc(F)cc1. The number of hydrogen-bond acceptors (Lipinski definition) is 4. The van der Waals surface area contributed by atoms with E-state index in [1.54, 1.807) is 12.1 Å². The molecule has 1 aromatic carbocycles. The number of fused-ring (bicyclic) bond motifs is 1. The number of carbonyl (C=O) groups is 3. The molecule has 2 N–H and O–H groups in total. The highest BCUT2D eigenvalue weighted by molar-refractivity contribution is 5.85. The second kappa shape index (κ2) is 8.04. The van der Waals surface area contributed by atoms with Gasteiger partial charge >= 0.3 is 0 Å². The fourth-order valence-corrected chi connectivity index (χ4v) is 3.95. The molecule has 1 aromatic rings. The Balaban J connectivity index is 1.76. The van der Waals surface area contributed by atoms with Crippen molar-refractivity contribution in [3.63, 3.8) is 0 Å². The van der Waals surface area contributed by atoms with Gasteiger partial charge in [0, 0.05) is 52.1 Å². The molecule has 3 atom stereocenters. The zero-order valence-electron chi connectivity index (χ0n) is 15.6. The molecule has 2 aliphatic heterocycles. The first-order valence-electron chi connectivity index (χ1n) is 9.14. The Morgan fingerprint density at radius 1 is 1.15 bits per heavy atom. The van der Waals surface area contributed by atoms with Crippen molar-refractivity contribution in [1.82, 2.24) is 20.4 Å². The minimum absolute atomic E-state index is 0.0170. The van der Waals surface area contributed by atoms with E-state index >= 15 is 0 Å². The topological polar surface area (TPSA) is 81.8 Å². The summed E-state index contributed by atoms with van der Waals surface area (Å²) >= 11 is 0. The van der Waals surface area contributed by atoms with Crippen LogP contribution in [0, 0.1) is 5.82 Å². The molecule has 2 heterocycles. The molecule has 27 heavy (non-hydrogen) atoms. The maximum absolute atomic E-state index is 13.2. The monoisotopic (exact) mass is 376 g/mol. The van der Waals surface area contributed by atoms with Gasteiger partial charge in [0.15, 0.2) is 0 Å². The molecule has 0 bridgehead atoms. The Morgan fingerprint density at radius 3 is 2.48 bits per heavy atom. The van der Waals surface area contributed by atoms with Crippen LogP contribution in [-0.4, -0.2) is 65.3 Å². The molecule has 146 valence electrons. The van der Waals surface area contributed by atoms with Gasteiger partial charge in [0.25, 0.3) is 0 Å². The highest BCUT2D eigenvalue weighted by atomic mass is 19.1. The predicted molar refractivity (Wildman–Crippen MR) is 97.0 cm³/mol. The van der Waals surface area contributed by atoms with Crippen LogP contribution < -0.4 is 10.6 Å². The van der Waals surface area contributed by atoms with Crippen molar-refractivity contribution in [1.29, 1.82) is 0 Å². The molecule has 7 nitrogen and oxygen atoms in total.